The van der Waals surface area contributed by atoms with E-state index in [1.54, 1.807) is 30.3 Å². The molecule has 0 bridgehead atoms. The zero-order chi connectivity index (χ0) is 50.5. The van der Waals surface area contributed by atoms with Gasteiger partial charge in [-0.15, -0.1) is 0 Å². The first-order valence-corrected chi connectivity index (χ1v) is 23.0. The van der Waals surface area contributed by atoms with Crippen LogP contribution in [0.3, 0.4) is 0 Å². The number of benzene rings is 1. The fraction of sp³-hybridized carbons (Fsp3) is 0.659. The van der Waals surface area contributed by atoms with Crippen LogP contribution in [0, 0.1) is 5.92 Å². The molecule has 0 heterocycles. The third kappa shape index (κ3) is 23.0. The second kappa shape index (κ2) is 32.8. The van der Waals surface area contributed by atoms with Crippen molar-refractivity contribution in [3.63, 3.8) is 0 Å². The Hall–Kier alpha value is -5.75. The van der Waals surface area contributed by atoms with Crippen molar-refractivity contribution in [2.45, 2.75) is 141 Å². The van der Waals surface area contributed by atoms with Crippen molar-refractivity contribution in [1.82, 2.24) is 47.9 Å². The normalized spacial score (nSPS) is 14.6. The van der Waals surface area contributed by atoms with Gasteiger partial charge in [0.15, 0.2) is 0 Å². The molecule has 0 saturated heterocycles. The summed E-state index contributed by atoms with van der Waals surface area (Å²) in [5.74, 6) is -6.46. The van der Waals surface area contributed by atoms with Crippen molar-refractivity contribution in [1.29, 1.82) is 0 Å². The van der Waals surface area contributed by atoms with Gasteiger partial charge in [-0.05, 0) is 89.5 Å². The third-order valence-electron chi connectivity index (χ3n) is 10.2. The summed E-state index contributed by atoms with van der Waals surface area (Å²) < 4.78 is 0. The van der Waals surface area contributed by atoms with Crippen molar-refractivity contribution >= 4 is 53.2 Å². The summed E-state index contributed by atoms with van der Waals surface area (Å²) in [7, 11) is 0. The smallest absolute Gasteiger partial charge is 0.245 e. The van der Waals surface area contributed by atoms with E-state index in [1.165, 1.54) is 6.92 Å². The molecule has 8 atom stereocenters. The highest BCUT2D eigenvalue weighted by molar-refractivity contribution is 5.97. The molecule has 9 amide bonds. The molecule has 1 rings (SSSR count). The molecule has 23 heteroatoms. The summed E-state index contributed by atoms with van der Waals surface area (Å²) in [6, 6.07) is 0.0299. The number of hydrogen-bond acceptors (Lipinski definition) is 14. The van der Waals surface area contributed by atoms with E-state index < -0.39 is 102 Å². The number of hydrogen-bond donors (Lipinski definition) is 14. The van der Waals surface area contributed by atoms with Crippen LogP contribution in [-0.2, 0) is 49.6 Å². The molecule has 1 aromatic carbocycles. The maximum absolute atomic E-state index is 14.2. The van der Waals surface area contributed by atoms with Gasteiger partial charge < -0.3 is 75.9 Å². The number of rotatable bonds is 33. The molecule has 0 radical (unpaired) electrons. The molecule has 0 aliphatic carbocycles. The molecule has 18 N–H and O–H groups in total. The van der Waals surface area contributed by atoms with Crippen molar-refractivity contribution in [2.75, 3.05) is 39.3 Å². The van der Waals surface area contributed by atoms with E-state index in [0.29, 0.717) is 24.9 Å². The minimum atomic E-state index is -1.33. The number of aliphatic hydroxyl groups excluding tert-OH is 1. The molecule has 0 aliphatic heterocycles. The Morgan fingerprint density at radius 3 is 1.42 bits per heavy atom. The van der Waals surface area contributed by atoms with Gasteiger partial charge in [0, 0.05) is 19.4 Å². The quantitative estimate of drug-likeness (QED) is 0.0319. The maximum atomic E-state index is 14.2. The summed E-state index contributed by atoms with van der Waals surface area (Å²) >= 11 is 0. The molecule has 0 spiro atoms. The number of nitrogens with two attached hydrogens (primary N) is 4. The van der Waals surface area contributed by atoms with Gasteiger partial charge in [0.2, 0.25) is 53.2 Å². The number of amides is 9. The molecule has 7 unspecified atom stereocenters. The Morgan fingerprint density at radius 2 is 0.940 bits per heavy atom. The summed E-state index contributed by atoms with van der Waals surface area (Å²) in [5.41, 5.74) is 23.6. The van der Waals surface area contributed by atoms with E-state index in [-0.39, 0.29) is 82.9 Å². The van der Waals surface area contributed by atoms with Gasteiger partial charge in [0.25, 0.3) is 0 Å². The van der Waals surface area contributed by atoms with Crippen LogP contribution in [0.1, 0.15) is 91.5 Å². The van der Waals surface area contributed by atoms with Gasteiger partial charge in [-0.3, -0.25) is 43.2 Å². The SMILES string of the molecule is CCCNC(=O)C(NC(=O)C(CCN)NC(=O)C(CCN)NC(=O)C(CC(C)C)NC(=O)[C@@H](Cc1ccccc1)NC(=O)C(CCN)NC(=O)CNC(=O)C(CCN)NC(=O)CCC)C(C)O. The summed E-state index contributed by atoms with van der Waals surface area (Å²) in [4.78, 5) is 120. The average molecular weight is 948 g/mol. The van der Waals surface area contributed by atoms with Crippen molar-refractivity contribution in [3.8, 4) is 0 Å². The Bertz CT molecular complexity index is 1740. The lowest BCUT2D eigenvalue weighted by molar-refractivity contribution is -0.136. The van der Waals surface area contributed by atoms with Gasteiger partial charge in [-0.2, -0.15) is 0 Å². The van der Waals surface area contributed by atoms with Gasteiger partial charge in [0.05, 0.1) is 12.6 Å². The predicted octanol–water partition coefficient (Wildman–Crippen LogP) is -4.11. The number of carbonyl (C=O) groups excluding carboxylic acids is 9. The zero-order valence-corrected chi connectivity index (χ0v) is 39.6. The van der Waals surface area contributed by atoms with Crippen LogP contribution in [0.15, 0.2) is 30.3 Å². The minimum Gasteiger partial charge on any atom is -0.391 e. The van der Waals surface area contributed by atoms with Gasteiger partial charge in [-0.1, -0.05) is 58.0 Å². The molecule has 0 aromatic heterocycles. The van der Waals surface area contributed by atoms with Crippen LogP contribution in [-0.4, -0.2) is 146 Å². The predicted molar refractivity (Wildman–Crippen MR) is 251 cm³/mol. The van der Waals surface area contributed by atoms with Crippen LogP contribution in [0.25, 0.3) is 0 Å². The van der Waals surface area contributed by atoms with Crippen LogP contribution in [0.5, 0.6) is 0 Å². The molecule has 0 fully saturated rings. The Labute approximate surface area is 393 Å². The van der Waals surface area contributed by atoms with E-state index in [1.807, 2.05) is 27.7 Å². The Morgan fingerprint density at radius 1 is 0.507 bits per heavy atom. The fourth-order valence-corrected chi connectivity index (χ4v) is 6.64. The maximum Gasteiger partial charge on any atom is 0.245 e. The number of carbonyl (C=O) groups is 9. The molecule has 23 nitrogen and oxygen atoms in total. The van der Waals surface area contributed by atoms with E-state index in [9.17, 15) is 48.3 Å². The highest BCUT2D eigenvalue weighted by Gasteiger charge is 2.34. The van der Waals surface area contributed by atoms with Crippen molar-refractivity contribution in [2.24, 2.45) is 28.9 Å². The second-order valence-corrected chi connectivity index (χ2v) is 16.6. The lowest BCUT2D eigenvalue weighted by Gasteiger charge is -2.28. The van der Waals surface area contributed by atoms with Crippen LogP contribution in [0.4, 0.5) is 0 Å². The second-order valence-electron chi connectivity index (χ2n) is 16.6. The third-order valence-corrected chi connectivity index (χ3v) is 10.2. The van der Waals surface area contributed by atoms with Crippen LogP contribution < -0.4 is 70.8 Å². The first-order chi connectivity index (χ1) is 31.8. The first kappa shape index (κ1) is 59.3. The summed E-state index contributed by atoms with van der Waals surface area (Å²) in [6.07, 6.45) is 0.0665. The standard InChI is InChI=1S/C44H77N13O10/c1-6-11-35(59)51-29(14-18-45)38(61)50-25-36(60)52-30(15-19-46)39(62)56-34(24-28-12-9-8-10-13-28)43(66)55-33(23-26(3)4)42(65)54-31(16-20-47)40(63)53-32(17-21-48)41(64)57-37(27(5)58)44(67)49-22-7-2/h8-10,12-13,26-27,29-34,37,58H,6-7,11,14-25,45-48H2,1-5H3,(H,49,67)(H,50,61)(H,51,59)(H,52,60)(H,53,63)(H,54,65)(H,55,66)(H,56,62)(H,57,64)/t27?,29?,30?,31?,32?,33?,34-,37?/m1/s1. The van der Waals surface area contributed by atoms with E-state index in [0.717, 1.165) is 0 Å². The molecule has 378 valence electrons. The molecule has 67 heavy (non-hydrogen) atoms. The largest absolute Gasteiger partial charge is 0.391 e. The monoisotopic (exact) mass is 948 g/mol. The molecular formula is C44H77N13O10. The van der Waals surface area contributed by atoms with E-state index in [2.05, 4.69) is 47.9 Å². The fourth-order valence-electron chi connectivity index (χ4n) is 6.64. The molecular weight excluding hydrogens is 871 g/mol. The van der Waals surface area contributed by atoms with E-state index >= 15 is 0 Å². The summed E-state index contributed by atoms with van der Waals surface area (Å²) in [5, 5.41) is 33.5. The molecule has 1 aromatic rings. The summed E-state index contributed by atoms with van der Waals surface area (Å²) in [6.45, 7) is 8.26. The highest BCUT2D eigenvalue weighted by Crippen LogP contribution is 2.10. The van der Waals surface area contributed by atoms with Crippen molar-refractivity contribution < 1.29 is 48.3 Å². The molecule has 0 saturated carbocycles. The minimum absolute atomic E-state index is 0.0426. The van der Waals surface area contributed by atoms with Gasteiger partial charge in [0.1, 0.15) is 42.3 Å². The first-order valence-electron chi connectivity index (χ1n) is 23.0. The number of aliphatic hydroxyl groups is 1. The number of nitrogens with one attached hydrogen (secondary N) is 9. The Kier molecular flexibility index (Phi) is 29.1. The van der Waals surface area contributed by atoms with Crippen LogP contribution >= 0.6 is 0 Å². The zero-order valence-electron chi connectivity index (χ0n) is 39.6. The van der Waals surface area contributed by atoms with E-state index in [4.69, 9.17) is 22.9 Å². The van der Waals surface area contributed by atoms with Gasteiger partial charge >= 0.3 is 0 Å². The van der Waals surface area contributed by atoms with Gasteiger partial charge in [-0.25, -0.2) is 0 Å². The topological polar surface area (TPSA) is 386 Å². The Balaban J connectivity index is 3.30. The lowest BCUT2D eigenvalue weighted by Crippen LogP contribution is -2.61. The van der Waals surface area contributed by atoms with Crippen molar-refractivity contribution in [3.05, 3.63) is 35.9 Å². The lowest BCUT2D eigenvalue weighted by atomic mass is 10.00. The van der Waals surface area contributed by atoms with Crippen LogP contribution in [0.2, 0.25) is 0 Å². The average Bonchev–Trinajstić information content (AvgIpc) is 3.27. The highest BCUT2D eigenvalue weighted by atomic mass is 16.3. The molecule has 0 aliphatic rings.